The van der Waals surface area contributed by atoms with E-state index >= 15 is 0 Å². The maximum atomic E-state index is 12.2. The molecule has 0 radical (unpaired) electrons. The van der Waals surface area contributed by atoms with Gasteiger partial charge in [0.2, 0.25) is 15.0 Å². The predicted molar refractivity (Wildman–Crippen MR) is 76.9 cm³/mol. The molecule has 0 bridgehead atoms. The number of hydrogen-bond donors (Lipinski definition) is 2. The highest BCUT2D eigenvalue weighted by Crippen LogP contribution is 2.17. The fourth-order valence-electron chi connectivity index (χ4n) is 1.97. The van der Waals surface area contributed by atoms with Crippen LogP contribution in [-0.2, 0) is 9.84 Å². The van der Waals surface area contributed by atoms with Crippen LogP contribution in [0.25, 0.3) is 5.52 Å². The van der Waals surface area contributed by atoms with Crippen molar-refractivity contribution in [2.24, 2.45) is 0 Å². The molecule has 0 unspecified atom stereocenters. The minimum absolute atomic E-state index is 0.0305. The van der Waals surface area contributed by atoms with Gasteiger partial charge in [-0.05, 0) is 18.6 Å². The van der Waals surface area contributed by atoms with Gasteiger partial charge in [0.25, 0.3) is 5.91 Å². The summed E-state index contributed by atoms with van der Waals surface area (Å²) < 4.78 is 24.9. The third-order valence-electron chi connectivity index (χ3n) is 3.11. The lowest BCUT2D eigenvalue weighted by Crippen LogP contribution is -2.37. The molecule has 21 heavy (non-hydrogen) atoms. The molecule has 7 nitrogen and oxygen atoms in total. The van der Waals surface area contributed by atoms with Gasteiger partial charge < -0.3 is 10.4 Å². The summed E-state index contributed by atoms with van der Waals surface area (Å²) in [5.74, 6) is -0.505. The molecule has 0 saturated heterocycles. The molecule has 0 aliphatic rings. The zero-order valence-electron chi connectivity index (χ0n) is 11.8. The average molecular weight is 311 g/mol. The number of amides is 1. The van der Waals surface area contributed by atoms with Crippen LogP contribution in [0.2, 0.25) is 0 Å². The molecule has 1 amide bonds. The number of hydrogen-bond acceptors (Lipinski definition) is 5. The molecule has 8 heteroatoms. The number of fused-ring (bicyclic) bond motifs is 1. The third kappa shape index (κ3) is 3.06. The van der Waals surface area contributed by atoms with E-state index < -0.39 is 15.7 Å². The van der Waals surface area contributed by atoms with E-state index in [0.29, 0.717) is 11.9 Å². The summed E-state index contributed by atoms with van der Waals surface area (Å²) in [7, 11) is -3.56. The number of nitrogens with zero attached hydrogens (tertiary/aromatic N) is 2. The number of carbonyl (C=O) groups is 1. The Morgan fingerprint density at radius 2 is 2.19 bits per heavy atom. The van der Waals surface area contributed by atoms with Crippen LogP contribution < -0.4 is 5.32 Å². The van der Waals surface area contributed by atoms with Gasteiger partial charge in [-0.2, -0.15) is 0 Å². The highest BCUT2D eigenvalue weighted by molar-refractivity contribution is 7.90. The standard InChI is InChI=1S/C13H17N3O4S/c1-3-9(8-17)14-12(18)11-10-6-4-5-7-16(10)13(15-11)21(2,19)20/h4-7,9,17H,3,8H2,1-2H3,(H,14,18)/t9-/m1/s1. The van der Waals surface area contributed by atoms with Crippen LogP contribution in [0.3, 0.4) is 0 Å². The van der Waals surface area contributed by atoms with Crippen molar-refractivity contribution in [3.05, 3.63) is 30.1 Å². The van der Waals surface area contributed by atoms with Crippen LogP contribution in [0.15, 0.2) is 29.6 Å². The van der Waals surface area contributed by atoms with Gasteiger partial charge in [0.05, 0.1) is 18.2 Å². The smallest absolute Gasteiger partial charge is 0.272 e. The normalized spacial score (nSPS) is 13.3. The van der Waals surface area contributed by atoms with E-state index in [1.54, 1.807) is 24.4 Å². The molecule has 1 atom stereocenters. The molecule has 0 saturated carbocycles. The number of nitrogens with one attached hydrogen (secondary N) is 1. The number of sulfone groups is 1. The first-order valence-corrected chi connectivity index (χ1v) is 8.36. The molecule has 2 heterocycles. The Balaban J connectivity index is 2.52. The third-order valence-corrected chi connectivity index (χ3v) is 4.06. The van der Waals surface area contributed by atoms with Crippen molar-refractivity contribution in [3.8, 4) is 0 Å². The Morgan fingerprint density at radius 3 is 2.76 bits per heavy atom. The summed E-state index contributed by atoms with van der Waals surface area (Å²) >= 11 is 0. The van der Waals surface area contributed by atoms with Gasteiger partial charge >= 0.3 is 0 Å². The first-order chi connectivity index (χ1) is 9.88. The first kappa shape index (κ1) is 15.5. The largest absolute Gasteiger partial charge is 0.394 e. The molecule has 0 aliphatic carbocycles. The van der Waals surface area contributed by atoms with E-state index in [1.165, 1.54) is 4.40 Å². The van der Waals surface area contributed by atoms with Gasteiger partial charge in [0.15, 0.2) is 5.69 Å². The summed E-state index contributed by atoms with van der Waals surface area (Å²) in [6.07, 6.45) is 3.14. The highest BCUT2D eigenvalue weighted by atomic mass is 32.2. The van der Waals surface area contributed by atoms with Crippen LogP contribution in [0.1, 0.15) is 23.8 Å². The fraction of sp³-hybridized carbons (Fsp3) is 0.385. The maximum absolute atomic E-state index is 12.2. The van der Waals surface area contributed by atoms with Crippen molar-refractivity contribution in [1.29, 1.82) is 0 Å². The Labute approximate surface area is 122 Å². The molecule has 2 rings (SSSR count). The number of carbonyl (C=O) groups excluding carboxylic acids is 1. The molecule has 0 spiro atoms. The van der Waals surface area contributed by atoms with E-state index in [1.807, 2.05) is 6.92 Å². The first-order valence-electron chi connectivity index (χ1n) is 6.47. The van der Waals surface area contributed by atoms with Crippen molar-refractivity contribution in [1.82, 2.24) is 14.7 Å². The molecule has 2 aromatic heterocycles. The fourth-order valence-corrected chi connectivity index (χ4v) is 2.74. The van der Waals surface area contributed by atoms with Gasteiger partial charge in [-0.1, -0.05) is 13.0 Å². The minimum atomic E-state index is -3.56. The Kier molecular flexibility index (Phi) is 4.29. The lowest BCUT2D eigenvalue weighted by Gasteiger charge is -2.12. The summed E-state index contributed by atoms with van der Waals surface area (Å²) in [5.41, 5.74) is 0.436. The Hall–Kier alpha value is -1.93. The zero-order valence-corrected chi connectivity index (χ0v) is 12.6. The molecule has 0 aliphatic heterocycles. The van der Waals surface area contributed by atoms with Crippen LogP contribution >= 0.6 is 0 Å². The average Bonchev–Trinajstić information content (AvgIpc) is 2.84. The molecule has 0 aromatic carbocycles. The van der Waals surface area contributed by atoms with Gasteiger partial charge in [0, 0.05) is 12.5 Å². The topological polar surface area (TPSA) is 101 Å². The van der Waals surface area contributed by atoms with Gasteiger partial charge in [0.1, 0.15) is 0 Å². The number of aliphatic hydroxyl groups is 1. The van der Waals surface area contributed by atoms with Gasteiger partial charge in [-0.3, -0.25) is 9.20 Å². The highest BCUT2D eigenvalue weighted by Gasteiger charge is 2.23. The van der Waals surface area contributed by atoms with Crippen molar-refractivity contribution in [2.75, 3.05) is 12.9 Å². The second-order valence-corrected chi connectivity index (χ2v) is 6.64. The Morgan fingerprint density at radius 1 is 1.48 bits per heavy atom. The molecular formula is C13H17N3O4S. The van der Waals surface area contributed by atoms with E-state index in [0.717, 1.165) is 6.26 Å². The SMILES string of the molecule is CC[C@H](CO)NC(=O)c1nc(S(C)(=O)=O)n2ccccc12. The monoisotopic (exact) mass is 311 g/mol. The lowest BCUT2D eigenvalue weighted by molar-refractivity contribution is 0.0911. The summed E-state index contributed by atoms with van der Waals surface area (Å²) in [6, 6.07) is 4.59. The minimum Gasteiger partial charge on any atom is -0.394 e. The van der Waals surface area contributed by atoms with Crippen molar-refractivity contribution in [3.63, 3.8) is 0 Å². The molecule has 114 valence electrons. The second kappa shape index (κ2) is 5.82. The van der Waals surface area contributed by atoms with Crippen LogP contribution in [0.5, 0.6) is 0 Å². The van der Waals surface area contributed by atoms with Crippen LogP contribution in [0, 0.1) is 0 Å². The predicted octanol–water partition coefficient (Wildman–Crippen LogP) is 0.239. The maximum Gasteiger partial charge on any atom is 0.272 e. The number of aliphatic hydroxyl groups excluding tert-OH is 1. The lowest BCUT2D eigenvalue weighted by atomic mass is 10.2. The number of imidazole rings is 1. The summed E-state index contributed by atoms with van der Waals surface area (Å²) in [4.78, 5) is 16.2. The van der Waals surface area contributed by atoms with Crippen LogP contribution in [0.4, 0.5) is 0 Å². The van der Waals surface area contributed by atoms with E-state index in [2.05, 4.69) is 10.3 Å². The van der Waals surface area contributed by atoms with Crippen molar-refractivity contribution >= 4 is 21.3 Å². The molecule has 2 aromatic rings. The van der Waals surface area contributed by atoms with Gasteiger partial charge in [-0.15, -0.1) is 0 Å². The Bertz CT molecular complexity index is 763. The van der Waals surface area contributed by atoms with Crippen molar-refractivity contribution in [2.45, 2.75) is 24.5 Å². The van der Waals surface area contributed by atoms with Crippen LogP contribution in [-0.4, -0.2) is 47.7 Å². The number of rotatable bonds is 5. The molecule has 2 N–H and O–H groups in total. The summed E-state index contributed by atoms with van der Waals surface area (Å²) in [6.45, 7) is 1.64. The molecule has 0 fully saturated rings. The van der Waals surface area contributed by atoms with Crippen molar-refractivity contribution < 1.29 is 18.3 Å². The number of pyridine rings is 1. The van der Waals surface area contributed by atoms with E-state index in [-0.39, 0.29) is 23.5 Å². The molecular weight excluding hydrogens is 294 g/mol. The zero-order chi connectivity index (χ0) is 15.6. The summed E-state index contributed by atoms with van der Waals surface area (Å²) in [5, 5.41) is 11.6. The quantitative estimate of drug-likeness (QED) is 0.823. The number of aromatic nitrogens is 2. The van der Waals surface area contributed by atoms with E-state index in [9.17, 15) is 13.2 Å². The van der Waals surface area contributed by atoms with E-state index in [4.69, 9.17) is 5.11 Å². The van der Waals surface area contributed by atoms with Gasteiger partial charge in [-0.25, -0.2) is 13.4 Å². The second-order valence-electron chi connectivity index (χ2n) is 4.73.